The van der Waals surface area contributed by atoms with Crippen LogP contribution in [0.15, 0.2) is 30.3 Å². The number of hydrogen-bond acceptors (Lipinski definition) is 4. The SMILES string of the molecule is CCCOC(=O)CS(=O)(=O)Cc1ccccc1. The average molecular weight is 256 g/mol. The van der Waals surface area contributed by atoms with E-state index in [1.807, 2.05) is 13.0 Å². The number of hydrogen-bond donors (Lipinski definition) is 0. The molecular formula is C12H16O4S. The molecule has 1 aromatic carbocycles. The van der Waals surface area contributed by atoms with Crippen molar-refractivity contribution in [3.8, 4) is 0 Å². The predicted octanol–water partition coefficient (Wildman–Crippen LogP) is 1.55. The first-order valence-electron chi connectivity index (χ1n) is 5.43. The summed E-state index contributed by atoms with van der Waals surface area (Å²) in [6.45, 7) is 2.12. The van der Waals surface area contributed by atoms with Crippen LogP contribution >= 0.6 is 0 Å². The van der Waals surface area contributed by atoms with Gasteiger partial charge in [-0.2, -0.15) is 0 Å². The normalized spacial score (nSPS) is 11.1. The molecule has 0 radical (unpaired) electrons. The van der Waals surface area contributed by atoms with Crippen molar-refractivity contribution in [2.24, 2.45) is 0 Å². The average Bonchev–Trinajstić information content (AvgIpc) is 2.26. The van der Waals surface area contributed by atoms with Gasteiger partial charge < -0.3 is 4.74 Å². The quantitative estimate of drug-likeness (QED) is 0.725. The second-order valence-corrected chi connectivity index (χ2v) is 5.80. The topological polar surface area (TPSA) is 60.4 Å². The molecule has 0 aromatic heterocycles. The fourth-order valence-corrected chi connectivity index (χ4v) is 2.56. The monoisotopic (exact) mass is 256 g/mol. The summed E-state index contributed by atoms with van der Waals surface area (Å²) in [7, 11) is -3.44. The Labute approximate surface area is 102 Å². The van der Waals surface area contributed by atoms with Crippen LogP contribution in [0.4, 0.5) is 0 Å². The third-order valence-electron chi connectivity index (χ3n) is 2.03. The zero-order chi connectivity index (χ0) is 12.7. The van der Waals surface area contributed by atoms with Gasteiger partial charge >= 0.3 is 5.97 Å². The Morgan fingerprint density at radius 3 is 2.47 bits per heavy atom. The summed E-state index contributed by atoms with van der Waals surface area (Å²) in [6, 6.07) is 8.77. The lowest BCUT2D eigenvalue weighted by molar-refractivity contribution is -0.140. The molecule has 1 rings (SSSR count). The summed E-state index contributed by atoms with van der Waals surface area (Å²) in [5.74, 6) is -1.36. The van der Waals surface area contributed by atoms with Crippen molar-refractivity contribution in [3.63, 3.8) is 0 Å². The first-order chi connectivity index (χ1) is 8.03. The van der Waals surface area contributed by atoms with Crippen molar-refractivity contribution in [3.05, 3.63) is 35.9 Å². The van der Waals surface area contributed by atoms with Gasteiger partial charge in [0.25, 0.3) is 0 Å². The van der Waals surface area contributed by atoms with E-state index in [1.165, 1.54) is 0 Å². The molecule has 0 heterocycles. The molecule has 0 saturated heterocycles. The van der Waals surface area contributed by atoms with Gasteiger partial charge in [0.05, 0.1) is 12.4 Å². The first-order valence-corrected chi connectivity index (χ1v) is 7.25. The molecule has 0 atom stereocenters. The highest BCUT2D eigenvalue weighted by molar-refractivity contribution is 7.91. The third-order valence-corrected chi connectivity index (χ3v) is 3.48. The molecule has 0 aliphatic heterocycles. The molecule has 17 heavy (non-hydrogen) atoms. The number of ether oxygens (including phenoxy) is 1. The minimum atomic E-state index is -3.44. The summed E-state index contributed by atoms with van der Waals surface area (Å²) in [5, 5.41) is 0. The lowest BCUT2D eigenvalue weighted by Gasteiger charge is -2.05. The molecule has 94 valence electrons. The third kappa shape index (κ3) is 5.49. The van der Waals surface area contributed by atoms with E-state index in [0.29, 0.717) is 12.0 Å². The van der Waals surface area contributed by atoms with Crippen molar-refractivity contribution in [2.75, 3.05) is 12.4 Å². The molecule has 0 unspecified atom stereocenters. The van der Waals surface area contributed by atoms with E-state index in [0.717, 1.165) is 0 Å². The summed E-state index contributed by atoms with van der Waals surface area (Å²) in [4.78, 5) is 11.2. The summed E-state index contributed by atoms with van der Waals surface area (Å²) >= 11 is 0. The fraction of sp³-hybridized carbons (Fsp3) is 0.417. The van der Waals surface area contributed by atoms with Crippen molar-refractivity contribution in [1.82, 2.24) is 0 Å². The molecule has 0 bridgehead atoms. The smallest absolute Gasteiger partial charge is 0.321 e. The summed E-state index contributed by atoms with van der Waals surface area (Å²) < 4.78 is 28.1. The number of carbonyl (C=O) groups excluding carboxylic acids is 1. The molecule has 4 nitrogen and oxygen atoms in total. The number of sulfone groups is 1. The van der Waals surface area contributed by atoms with E-state index in [2.05, 4.69) is 0 Å². The van der Waals surface area contributed by atoms with Crippen LogP contribution in [0.2, 0.25) is 0 Å². The molecule has 0 N–H and O–H groups in total. The molecule has 1 aromatic rings. The van der Waals surface area contributed by atoms with Crippen molar-refractivity contribution in [1.29, 1.82) is 0 Å². The van der Waals surface area contributed by atoms with Gasteiger partial charge in [-0.15, -0.1) is 0 Å². The van der Waals surface area contributed by atoms with E-state index in [-0.39, 0.29) is 12.4 Å². The molecule has 0 fully saturated rings. The lowest BCUT2D eigenvalue weighted by Crippen LogP contribution is -2.20. The van der Waals surface area contributed by atoms with E-state index >= 15 is 0 Å². The minimum absolute atomic E-state index is 0.130. The van der Waals surface area contributed by atoms with Crippen LogP contribution in [-0.4, -0.2) is 26.7 Å². The molecular weight excluding hydrogens is 240 g/mol. The van der Waals surface area contributed by atoms with E-state index < -0.39 is 21.6 Å². The van der Waals surface area contributed by atoms with Gasteiger partial charge in [0.15, 0.2) is 9.84 Å². The van der Waals surface area contributed by atoms with Gasteiger partial charge in [0.1, 0.15) is 5.75 Å². The molecule has 0 amide bonds. The van der Waals surface area contributed by atoms with Gasteiger partial charge in [-0.25, -0.2) is 8.42 Å². The Balaban J connectivity index is 2.55. The second kappa shape index (κ2) is 6.39. The minimum Gasteiger partial charge on any atom is -0.465 e. The standard InChI is InChI=1S/C12H16O4S/c1-2-8-16-12(13)10-17(14,15)9-11-6-4-3-5-7-11/h3-7H,2,8-10H2,1H3. The van der Waals surface area contributed by atoms with Crippen LogP contribution in [0.5, 0.6) is 0 Å². The van der Waals surface area contributed by atoms with Crippen molar-refractivity contribution < 1.29 is 17.9 Å². The van der Waals surface area contributed by atoms with Gasteiger partial charge in [0.2, 0.25) is 0 Å². The highest BCUT2D eigenvalue weighted by atomic mass is 32.2. The first kappa shape index (κ1) is 13.7. The van der Waals surface area contributed by atoms with Crippen LogP contribution in [0.3, 0.4) is 0 Å². The Bertz CT molecular complexity index is 451. The highest BCUT2D eigenvalue weighted by Gasteiger charge is 2.18. The van der Waals surface area contributed by atoms with Crippen LogP contribution < -0.4 is 0 Å². The number of rotatable bonds is 6. The molecule has 0 aliphatic carbocycles. The number of esters is 1. The van der Waals surface area contributed by atoms with Gasteiger partial charge in [0, 0.05) is 0 Å². The van der Waals surface area contributed by atoms with Crippen LogP contribution in [-0.2, 0) is 25.1 Å². The van der Waals surface area contributed by atoms with E-state index in [9.17, 15) is 13.2 Å². The van der Waals surface area contributed by atoms with Crippen LogP contribution in [0.25, 0.3) is 0 Å². The Kier molecular flexibility index (Phi) is 5.15. The largest absolute Gasteiger partial charge is 0.465 e. The number of carbonyl (C=O) groups is 1. The zero-order valence-electron chi connectivity index (χ0n) is 9.76. The molecule has 0 saturated carbocycles. The summed E-state index contributed by atoms with van der Waals surface area (Å²) in [6.07, 6.45) is 0.685. The van der Waals surface area contributed by atoms with Crippen molar-refractivity contribution >= 4 is 15.8 Å². The molecule has 5 heteroatoms. The van der Waals surface area contributed by atoms with Gasteiger partial charge in [-0.05, 0) is 12.0 Å². The molecule has 0 aliphatic rings. The summed E-state index contributed by atoms with van der Waals surface area (Å²) in [5.41, 5.74) is 0.677. The zero-order valence-corrected chi connectivity index (χ0v) is 10.6. The van der Waals surface area contributed by atoms with E-state index in [4.69, 9.17) is 4.74 Å². The second-order valence-electron chi connectivity index (χ2n) is 3.74. The Morgan fingerprint density at radius 1 is 1.24 bits per heavy atom. The highest BCUT2D eigenvalue weighted by Crippen LogP contribution is 2.06. The van der Waals surface area contributed by atoms with E-state index in [1.54, 1.807) is 24.3 Å². The Morgan fingerprint density at radius 2 is 1.88 bits per heavy atom. The lowest BCUT2D eigenvalue weighted by atomic mass is 10.2. The maximum atomic E-state index is 11.7. The van der Waals surface area contributed by atoms with Gasteiger partial charge in [-0.1, -0.05) is 37.3 Å². The van der Waals surface area contributed by atoms with Crippen LogP contribution in [0.1, 0.15) is 18.9 Å². The Hall–Kier alpha value is -1.36. The molecule has 0 spiro atoms. The van der Waals surface area contributed by atoms with Crippen LogP contribution in [0, 0.1) is 0 Å². The predicted molar refractivity (Wildman–Crippen MR) is 65.2 cm³/mol. The number of benzene rings is 1. The van der Waals surface area contributed by atoms with Crippen molar-refractivity contribution in [2.45, 2.75) is 19.1 Å². The fourth-order valence-electron chi connectivity index (χ4n) is 1.32. The maximum absolute atomic E-state index is 11.7. The maximum Gasteiger partial charge on any atom is 0.321 e. The van der Waals surface area contributed by atoms with Gasteiger partial charge in [-0.3, -0.25) is 4.79 Å².